The maximum atomic E-state index is 3.71. The van der Waals surface area contributed by atoms with Crippen LogP contribution in [-0.2, 0) is 0 Å². The highest BCUT2D eigenvalue weighted by Crippen LogP contribution is 1.96. The number of aromatic nitrogens is 5. The molecule has 0 aromatic carbocycles. The number of hydrogen-bond donors (Lipinski definition) is 1. The molecule has 9 heavy (non-hydrogen) atoms. The molecule has 0 bridgehead atoms. The van der Waals surface area contributed by atoms with Crippen molar-refractivity contribution < 1.29 is 0 Å². The Balaban J connectivity index is 2.92. The molecule has 2 aromatic rings. The van der Waals surface area contributed by atoms with Crippen molar-refractivity contribution in [2.45, 2.75) is 6.92 Å². The Morgan fingerprint density at radius 1 is 1.67 bits per heavy atom. The molecule has 46 valence electrons. The van der Waals surface area contributed by atoms with Crippen LogP contribution in [-0.4, -0.2) is 25.3 Å². The van der Waals surface area contributed by atoms with Gasteiger partial charge in [-0.1, -0.05) is 0 Å². The molecule has 0 aliphatic rings. The molecule has 0 aliphatic heterocycles. The summed E-state index contributed by atoms with van der Waals surface area (Å²) in [5, 5.41) is 13.7. The SMILES string of the molecule is Cc1cc2nnnn2[nH]1. The van der Waals surface area contributed by atoms with Crippen LogP contribution in [0.5, 0.6) is 0 Å². The van der Waals surface area contributed by atoms with E-state index >= 15 is 0 Å². The van der Waals surface area contributed by atoms with Crippen LogP contribution in [0.1, 0.15) is 5.69 Å². The zero-order valence-electron chi connectivity index (χ0n) is 4.87. The fourth-order valence-electron chi connectivity index (χ4n) is 0.757. The Kier molecular flexibility index (Phi) is 0.652. The molecule has 1 N–H and O–H groups in total. The minimum Gasteiger partial charge on any atom is -0.279 e. The lowest BCUT2D eigenvalue weighted by molar-refractivity contribution is 0.734. The molecule has 0 amide bonds. The summed E-state index contributed by atoms with van der Waals surface area (Å²) in [6, 6.07) is 1.88. The predicted octanol–water partition coefficient (Wildman–Crippen LogP) is -0.239. The van der Waals surface area contributed by atoms with Gasteiger partial charge in [0.1, 0.15) is 0 Å². The van der Waals surface area contributed by atoms with E-state index in [9.17, 15) is 0 Å². The summed E-state index contributed by atoms with van der Waals surface area (Å²) in [6.45, 7) is 1.94. The van der Waals surface area contributed by atoms with Gasteiger partial charge in [0.2, 0.25) is 0 Å². The van der Waals surface area contributed by atoms with Crippen molar-refractivity contribution in [3.05, 3.63) is 11.8 Å². The Labute approximate surface area is 50.7 Å². The molecule has 2 heterocycles. The molecule has 0 atom stereocenters. The monoisotopic (exact) mass is 123 g/mol. The standard InChI is InChI=1S/C4H5N5/c1-3-2-4-5-7-8-9(4)6-3/h2,6H,1H3. The van der Waals surface area contributed by atoms with Gasteiger partial charge in [-0.3, -0.25) is 5.10 Å². The first-order valence-electron chi connectivity index (χ1n) is 2.60. The fourth-order valence-corrected chi connectivity index (χ4v) is 0.757. The smallest absolute Gasteiger partial charge is 0.199 e. The highest BCUT2D eigenvalue weighted by atomic mass is 15.6. The molecule has 0 fully saturated rings. The molecule has 0 saturated heterocycles. The first-order valence-corrected chi connectivity index (χ1v) is 2.60. The van der Waals surface area contributed by atoms with Crippen molar-refractivity contribution in [1.82, 2.24) is 25.3 Å². The number of aromatic amines is 1. The van der Waals surface area contributed by atoms with Crippen molar-refractivity contribution in [2.24, 2.45) is 0 Å². The quantitative estimate of drug-likeness (QED) is 0.526. The van der Waals surface area contributed by atoms with Gasteiger partial charge in [0.25, 0.3) is 0 Å². The number of tetrazole rings is 1. The number of H-pyrrole nitrogens is 1. The minimum absolute atomic E-state index is 0.757. The molecule has 0 spiro atoms. The molecule has 0 aliphatic carbocycles. The lowest BCUT2D eigenvalue weighted by Gasteiger charge is -1.75. The molecule has 0 unspecified atom stereocenters. The van der Waals surface area contributed by atoms with Gasteiger partial charge in [-0.15, -0.1) is 9.73 Å². The maximum Gasteiger partial charge on any atom is 0.199 e. The Bertz CT molecular complexity index is 290. The van der Waals surface area contributed by atoms with Crippen molar-refractivity contribution in [3.63, 3.8) is 0 Å². The first-order chi connectivity index (χ1) is 4.36. The summed E-state index contributed by atoms with van der Waals surface area (Å²) in [5.41, 5.74) is 1.79. The van der Waals surface area contributed by atoms with Crippen molar-refractivity contribution in [3.8, 4) is 0 Å². The van der Waals surface area contributed by atoms with Crippen LogP contribution in [0, 0.1) is 6.92 Å². The zero-order chi connectivity index (χ0) is 6.27. The van der Waals surface area contributed by atoms with Gasteiger partial charge in [-0.05, 0) is 17.4 Å². The number of nitrogens with one attached hydrogen (secondary N) is 1. The maximum absolute atomic E-state index is 3.71. The van der Waals surface area contributed by atoms with Crippen LogP contribution >= 0.6 is 0 Å². The summed E-state index contributed by atoms with van der Waals surface area (Å²) in [7, 11) is 0. The van der Waals surface area contributed by atoms with E-state index in [4.69, 9.17) is 0 Å². The number of nitrogens with zero attached hydrogens (tertiary/aromatic N) is 4. The van der Waals surface area contributed by atoms with Gasteiger partial charge in [0.05, 0.1) is 0 Å². The normalized spacial score (nSPS) is 10.8. The third kappa shape index (κ3) is 0.509. The van der Waals surface area contributed by atoms with E-state index in [1.165, 1.54) is 4.63 Å². The highest BCUT2D eigenvalue weighted by molar-refractivity contribution is 5.34. The van der Waals surface area contributed by atoms with Gasteiger partial charge in [0, 0.05) is 11.8 Å². The van der Waals surface area contributed by atoms with Crippen molar-refractivity contribution in [1.29, 1.82) is 0 Å². The van der Waals surface area contributed by atoms with E-state index in [-0.39, 0.29) is 0 Å². The van der Waals surface area contributed by atoms with Crippen LogP contribution in [0.25, 0.3) is 5.65 Å². The number of hydrogen-bond acceptors (Lipinski definition) is 3. The van der Waals surface area contributed by atoms with Crippen molar-refractivity contribution in [2.75, 3.05) is 0 Å². The molecule has 5 heteroatoms. The van der Waals surface area contributed by atoms with Gasteiger partial charge < -0.3 is 0 Å². The Morgan fingerprint density at radius 2 is 2.56 bits per heavy atom. The number of fused-ring (bicyclic) bond motifs is 1. The number of rotatable bonds is 0. The van der Waals surface area contributed by atoms with Crippen LogP contribution < -0.4 is 0 Å². The minimum atomic E-state index is 0.757. The topological polar surface area (TPSA) is 58.9 Å². The third-order valence-corrected chi connectivity index (χ3v) is 1.12. The summed E-state index contributed by atoms with van der Waals surface area (Å²) in [5.74, 6) is 0. The molecule has 5 nitrogen and oxygen atoms in total. The van der Waals surface area contributed by atoms with E-state index in [0.717, 1.165) is 11.3 Å². The van der Waals surface area contributed by atoms with Gasteiger partial charge in [-0.2, -0.15) is 0 Å². The van der Waals surface area contributed by atoms with Crippen LogP contribution in [0.3, 0.4) is 0 Å². The van der Waals surface area contributed by atoms with Crippen LogP contribution in [0.4, 0.5) is 0 Å². The third-order valence-electron chi connectivity index (χ3n) is 1.12. The van der Waals surface area contributed by atoms with E-state index in [1.807, 2.05) is 13.0 Å². The van der Waals surface area contributed by atoms with E-state index in [1.54, 1.807) is 0 Å². The molecular weight excluding hydrogens is 118 g/mol. The fraction of sp³-hybridized carbons (Fsp3) is 0.250. The van der Waals surface area contributed by atoms with Gasteiger partial charge >= 0.3 is 0 Å². The molecule has 0 radical (unpaired) electrons. The Hall–Kier alpha value is -1.39. The molecule has 0 saturated carbocycles. The zero-order valence-corrected chi connectivity index (χ0v) is 4.87. The summed E-state index contributed by atoms with van der Waals surface area (Å²) in [6.07, 6.45) is 0. The summed E-state index contributed by atoms with van der Waals surface area (Å²) in [4.78, 5) is 0. The van der Waals surface area contributed by atoms with Gasteiger partial charge in [-0.25, -0.2) is 0 Å². The molecular formula is C4H5N5. The lowest BCUT2D eigenvalue weighted by atomic mass is 10.5. The summed E-state index contributed by atoms with van der Waals surface area (Å²) < 4.78 is 1.52. The first kappa shape index (κ1) is 4.49. The largest absolute Gasteiger partial charge is 0.279 e. The van der Waals surface area contributed by atoms with Gasteiger partial charge in [0.15, 0.2) is 5.65 Å². The average Bonchev–Trinajstić information content (AvgIpc) is 2.22. The van der Waals surface area contributed by atoms with E-state index in [0.29, 0.717) is 0 Å². The van der Waals surface area contributed by atoms with Crippen molar-refractivity contribution >= 4 is 5.65 Å². The lowest BCUT2D eigenvalue weighted by Crippen LogP contribution is -1.86. The van der Waals surface area contributed by atoms with E-state index < -0.39 is 0 Å². The predicted molar refractivity (Wildman–Crippen MR) is 29.9 cm³/mol. The Morgan fingerprint density at radius 3 is 3.33 bits per heavy atom. The second-order valence-electron chi connectivity index (χ2n) is 1.89. The molecule has 2 aromatic heterocycles. The summed E-state index contributed by atoms with van der Waals surface area (Å²) >= 11 is 0. The average molecular weight is 123 g/mol. The second-order valence-corrected chi connectivity index (χ2v) is 1.89. The second kappa shape index (κ2) is 1.31. The van der Waals surface area contributed by atoms with E-state index in [2.05, 4.69) is 20.6 Å². The highest BCUT2D eigenvalue weighted by Gasteiger charge is 1.96. The van der Waals surface area contributed by atoms with Crippen LogP contribution in [0.15, 0.2) is 6.07 Å². The molecule has 2 rings (SSSR count). The number of aryl methyl sites for hydroxylation is 1. The van der Waals surface area contributed by atoms with Crippen LogP contribution in [0.2, 0.25) is 0 Å².